The molecule has 0 amide bonds. The number of carbonyl (C=O) groups excluding carboxylic acids is 1. The number of aromatic nitrogens is 1. The van der Waals surface area contributed by atoms with Gasteiger partial charge in [0.1, 0.15) is 23.3 Å². The minimum Gasteiger partial charge on any atom is -0.497 e. The van der Waals surface area contributed by atoms with E-state index < -0.39 is 12.0 Å². The fraction of sp³-hybridized carbons (Fsp3) is 0.370. The van der Waals surface area contributed by atoms with E-state index in [1.165, 1.54) is 15.9 Å². The molecule has 196 valence electrons. The second-order valence-electron chi connectivity index (χ2n) is 8.59. The molecule has 3 heterocycles. The van der Waals surface area contributed by atoms with Gasteiger partial charge >= 0.3 is 5.97 Å². The minimum atomic E-state index is -0.807. The molecule has 0 N–H and O–H groups in total. The first-order chi connectivity index (χ1) is 17.8. The standard InChI is InChI=1S/C27H31N3O6S/c1-7-9-19-23(26(32)35-8-2)24(18-14-16(33-5)10-12-20(18)34-6)30-25(31)21(37-27(30)28-19)15-17-11-13-22(36-17)29(3)4/h10-15,24H,7-9H2,1-6H3/b21-15-/t24-/m0/s1. The number of fused-ring (bicyclic) bond motifs is 1. The third-order valence-electron chi connectivity index (χ3n) is 5.95. The summed E-state index contributed by atoms with van der Waals surface area (Å²) < 4.78 is 24.4. The zero-order valence-corrected chi connectivity index (χ0v) is 22.7. The van der Waals surface area contributed by atoms with Crippen molar-refractivity contribution in [3.05, 3.63) is 72.6 Å². The van der Waals surface area contributed by atoms with Gasteiger partial charge in [0.05, 0.1) is 36.6 Å². The van der Waals surface area contributed by atoms with Crippen LogP contribution in [0.15, 0.2) is 55.8 Å². The van der Waals surface area contributed by atoms with Gasteiger partial charge in [-0.2, -0.15) is 0 Å². The molecule has 1 atom stereocenters. The summed E-state index contributed by atoms with van der Waals surface area (Å²) in [4.78, 5) is 34.3. The van der Waals surface area contributed by atoms with Crippen molar-refractivity contribution in [1.29, 1.82) is 0 Å². The Balaban J connectivity index is 2.02. The Morgan fingerprint density at radius 1 is 1.19 bits per heavy atom. The molecule has 1 aliphatic heterocycles. The summed E-state index contributed by atoms with van der Waals surface area (Å²) in [6.45, 7) is 3.96. The highest BCUT2D eigenvalue weighted by atomic mass is 32.1. The molecule has 3 aromatic rings. The molecule has 0 fully saturated rings. The van der Waals surface area contributed by atoms with Crippen LogP contribution in [0.5, 0.6) is 11.5 Å². The Labute approximate surface area is 218 Å². The van der Waals surface area contributed by atoms with Gasteiger partial charge in [0.2, 0.25) is 0 Å². The predicted molar refractivity (Wildman–Crippen MR) is 142 cm³/mol. The third-order valence-corrected chi connectivity index (χ3v) is 6.93. The van der Waals surface area contributed by atoms with E-state index in [9.17, 15) is 9.59 Å². The van der Waals surface area contributed by atoms with Gasteiger partial charge in [0.15, 0.2) is 10.7 Å². The first-order valence-electron chi connectivity index (χ1n) is 12.0. The summed E-state index contributed by atoms with van der Waals surface area (Å²) in [5.74, 6) is 1.79. The molecule has 9 nitrogen and oxygen atoms in total. The third kappa shape index (κ3) is 5.06. The molecule has 37 heavy (non-hydrogen) atoms. The number of carbonyl (C=O) groups is 1. The number of anilines is 1. The van der Waals surface area contributed by atoms with Gasteiger partial charge in [0.25, 0.3) is 5.56 Å². The largest absolute Gasteiger partial charge is 0.497 e. The summed E-state index contributed by atoms with van der Waals surface area (Å²) in [6.07, 6.45) is 3.01. The Bertz CT molecular complexity index is 1510. The van der Waals surface area contributed by atoms with Crippen LogP contribution in [0.25, 0.3) is 6.08 Å². The maximum atomic E-state index is 13.9. The zero-order valence-electron chi connectivity index (χ0n) is 21.9. The van der Waals surface area contributed by atoms with E-state index in [4.69, 9.17) is 23.6 Å². The summed E-state index contributed by atoms with van der Waals surface area (Å²) in [5, 5.41) is 0. The lowest BCUT2D eigenvalue weighted by atomic mass is 9.93. The lowest BCUT2D eigenvalue weighted by molar-refractivity contribution is -0.139. The molecule has 1 aromatic carbocycles. The summed E-state index contributed by atoms with van der Waals surface area (Å²) in [6, 6.07) is 8.15. The van der Waals surface area contributed by atoms with E-state index in [1.54, 1.807) is 45.4 Å². The molecular weight excluding hydrogens is 494 g/mol. The second kappa shape index (κ2) is 11.1. The van der Waals surface area contributed by atoms with E-state index in [2.05, 4.69) is 0 Å². The molecule has 0 saturated heterocycles. The molecule has 1 aliphatic rings. The van der Waals surface area contributed by atoms with E-state index in [-0.39, 0.29) is 12.2 Å². The lowest BCUT2D eigenvalue weighted by Gasteiger charge is -2.27. The number of esters is 1. The molecule has 0 spiro atoms. The topological polar surface area (TPSA) is 95.5 Å². The molecule has 2 aromatic heterocycles. The Hall–Kier alpha value is -3.79. The monoisotopic (exact) mass is 525 g/mol. The van der Waals surface area contributed by atoms with Crippen LogP contribution < -0.4 is 29.3 Å². The van der Waals surface area contributed by atoms with Crippen LogP contribution in [-0.4, -0.2) is 45.5 Å². The van der Waals surface area contributed by atoms with Crippen LogP contribution in [0.2, 0.25) is 0 Å². The highest BCUT2D eigenvalue weighted by molar-refractivity contribution is 7.07. The van der Waals surface area contributed by atoms with Crippen LogP contribution in [0.1, 0.15) is 44.1 Å². The number of methoxy groups -OCH3 is 2. The van der Waals surface area contributed by atoms with Crippen LogP contribution >= 0.6 is 11.3 Å². The number of nitrogens with zero attached hydrogens (tertiary/aromatic N) is 3. The molecule has 4 rings (SSSR count). The first-order valence-corrected chi connectivity index (χ1v) is 12.9. The smallest absolute Gasteiger partial charge is 0.338 e. The van der Waals surface area contributed by atoms with Crippen LogP contribution in [0.3, 0.4) is 0 Å². The molecular formula is C27H31N3O6S. The van der Waals surface area contributed by atoms with E-state index >= 15 is 0 Å². The summed E-state index contributed by atoms with van der Waals surface area (Å²) in [5.41, 5.74) is 1.23. The Morgan fingerprint density at radius 3 is 2.59 bits per heavy atom. The van der Waals surface area contributed by atoms with Crippen molar-refractivity contribution in [3.63, 3.8) is 0 Å². The molecule has 0 saturated carbocycles. The zero-order chi connectivity index (χ0) is 26.7. The SMILES string of the molecule is CCCC1=C(C(=O)OCC)[C@H](c2cc(OC)ccc2OC)n2c(s/c(=C\c3ccc(N(C)C)o3)c2=O)=N1. The van der Waals surface area contributed by atoms with Crippen LogP contribution in [0, 0.1) is 0 Å². The van der Waals surface area contributed by atoms with Gasteiger partial charge in [0, 0.05) is 31.8 Å². The van der Waals surface area contributed by atoms with E-state index in [0.29, 0.717) is 55.7 Å². The highest BCUT2D eigenvalue weighted by Gasteiger charge is 2.36. The number of allylic oxidation sites excluding steroid dienone is 1. The Kier molecular flexibility index (Phi) is 7.87. The number of ether oxygens (including phenoxy) is 3. The van der Waals surface area contributed by atoms with E-state index in [1.807, 2.05) is 38.1 Å². The van der Waals surface area contributed by atoms with Crippen molar-refractivity contribution < 1.29 is 23.4 Å². The average molecular weight is 526 g/mol. The average Bonchev–Trinajstić information content (AvgIpc) is 3.48. The number of thiazole rings is 1. The van der Waals surface area contributed by atoms with Crippen molar-refractivity contribution in [2.24, 2.45) is 4.99 Å². The minimum absolute atomic E-state index is 0.195. The number of hydrogen-bond donors (Lipinski definition) is 0. The maximum absolute atomic E-state index is 13.9. The van der Waals surface area contributed by atoms with Crippen molar-refractivity contribution >= 4 is 29.3 Å². The van der Waals surface area contributed by atoms with E-state index in [0.717, 1.165) is 6.42 Å². The fourth-order valence-electron chi connectivity index (χ4n) is 4.26. The number of rotatable bonds is 9. The first kappa shape index (κ1) is 26.3. The van der Waals surface area contributed by atoms with Crippen molar-refractivity contribution in [1.82, 2.24) is 4.57 Å². The van der Waals surface area contributed by atoms with Gasteiger partial charge in [-0.25, -0.2) is 9.79 Å². The van der Waals surface area contributed by atoms with Gasteiger partial charge in [-0.05, 0) is 37.6 Å². The molecule has 0 unspecified atom stereocenters. The van der Waals surface area contributed by atoms with Gasteiger partial charge in [-0.3, -0.25) is 9.36 Å². The quantitative estimate of drug-likeness (QED) is 0.396. The number of furan rings is 1. The maximum Gasteiger partial charge on any atom is 0.338 e. The molecule has 0 radical (unpaired) electrons. The van der Waals surface area contributed by atoms with Crippen molar-refractivity contribution in [3.8, 4) is 11.5 Å². The number of benzene rings is 1. The van der Waals surface area contributed by atoms with Gasteiger partial charge in [-0.1, -0.05) is 24.7 Å². The van der Waals surface area contributed by atoms with Crippen molar-refractivity contribution in [2.75, 3.05) is 39.8 Å². The highest BCUT2D eigenvalue weighted by Crippen LogP contribution is 2.38. The van der Waals surface area contributed by atoms with Gasteiger partial charge in [-0.15, -0.1) is 0 Å². The lowest BCUT2D eigenvalue weighted by Crippen LogP contribution is -2.40. The Morgan fingerprint density at radius 2 is 1.97 bits per heavy atom. The van der Waals surface area contributed by atoms with Crippen LogP contribution in [0.4, 0.5) is 5.88 Å². The predicted octanol–water partition coefficient (Wildman–Crippen LogP) is 3.25. The normalized spacial score (nSPS) is 15.3. The second-order valence-corrected chi connectivity index (χ2v) is 9.60. The summed E-state index contributed by atoms with van der Waals surface area (Å²) in [7, 11) is 6.87. The summed E-state index contributed by atoms with van der Waals surface area (Å²) >= 11 is 1.25. The molecule has 0 aliphatic carbocycles. The number of hydrogen-bond acceptors (Lipinski definition) is 9. The molecule has 10 heteroatoms. The van der Waals surface area contributed by atoms with Gasteiger partial charge < -0.3 is 23.5 Å². The molecule has 0 bridgehead atoms. The van der Waals surface area contributed by atoms with Crippen molar-refractivity contribution in [2.45, 2.75) is 32.7 Å². The van der Waals surface area contributed by atoms with Crippen LogP contribution in [-0.2, 0) is 9.53 Å². The fourth-order valence-corrected chi connectivity index (χ4v) is 5.26.